The van der Waals surface area contributed by atoms with Crippen LogP contribution in [0.4, 0.5) is 25.1 Å². The number of nitrogens with one attached hydrogen (secondary N) is 1. The van der Waals surface area contributed by atoms with E-state index in [1.807, 2.05) is 0 Å². The van der Waals surface area contributed by atoms with E-state index < -0.39 is 12.7 Å². The van der Waals surface area contributed by atoms with Crippen molar-refractivity contribution in [2.24, 2.45) is 5.84 Å². The summed E-state index contributed by atoms with van der Waals surface area (Å²) in [6, 6.07) is -0.0954. The van der Waals surface area contributed by atoms with Crippen LogP contribution in [-0.4, -0.2) is 40.8 Å². The topological polar surface area (TPSA) is 89.2 Å². The predicted octanol–water partition coefficient (Wildman–Crippen LogP) is 0.943. The minimum absolute atomic E-state index is 0.0744. The van der Waals surface area contributed by atoms with Gasteiger partial charge in [-0.25, -0.2) is 5.84 Å². The molecule has 1 aromatic rings. The Hall–Kier alpha value is -1.84. The molecule has 108 valence electrons. The number of alkyl halides is 3. The molecule has 10 heteroatoms. The molecule has 0 saturated carbocycles. The summed E-state index contributed by atoms with van der Waals surface area (Å²) in [4.78, 5) is 12.1. The Kier molecular flexibility index (Phi) is 4.70. The van der Waals surface area contributed by atoms with Crippen molar-refractivity contribution in [1.29, 1.82) is 0 Å². The maximum atomic E-state index is 12.3. The van der Waals surface area contributed by atoms with E-state index in [0.717, 1.165) is 4.90 Å². The van der Waals surface area contributed by atoms with Crippen LogP contribution in [0.5, 0.6) is 6.01 Å². The van der Waals surface area contributed by atoms with Gasteiger partial charge in [-0.1, -0.05) is 0 Å². The highest BCUT2D eigenvalue weighted by atomic mass is 19.4. The lowest BCUT2D eigenvalue weighted by Crippen LogP contribution is -2.32. The quantitative estimate of drug-likeness (QED) is 0.613. The summed E-state index contributed by atoms with van der Waals surface area (Å²) in [7, 11) is 1.21. The van der Waals surface area contributed by atoms with Crippen LogP contribution in [0.15, 0.2) is 0 Å². The van der Waals surface area contributed by atoms with Crippen LogP contribution < -0.4 is 20.9 Å². The molecule has 0 saturated heterocycles. The van der Waals surface area contributed by atoms with Crippen LogP contribution in [-0.2, 0) is 0 Å². The summed E-state index contributed by atoms with van der Waals surface area (Å²) < 4.78 is 42.1. The van der Waals surface area contributed by atoms with Gasteiger partial charge in [-0.3, -0.25) is 5.43 Å². The van der Waals surface area contributed by atoms with Crippen molar-refractivity contribution < 1.29 is 17.9 Å². The molecule has 1 rings (SSSR count). The van der Waals surface area contributed by atoms with Crippen LogP contribution in [0.25, 0.3) is 0 Å². The van der Waals surface area contributed by atoms with Crippen molar-refractivity contribution in [3.8, 4) is 6.01 Å². The average Bonchev–Trinajstić information content (AvgIpc) is 2.25. The van der Waals surface area contributed by atoms with E-state index >= 15 is 0 Å². The summed E-state index contributed by atoms with van der Waals surface area (Å²) in [5, 5.41) is 0. The number of ether oxygens (including phenoxy) is 1. The first-order chi connectivity index (χ1) is 8.71. The number of aromatic nitrogens is 3. The third-order valence-corrected chi connectivity index (χ3v) is 1.83. The van der Waals surface area contributed by atoms with E-state index in [-0.39, 0.29) is 24.0 Å². The molecule has 0 aliphatic rings. The molecule has 1 aromatic heterocycles. The Morgan fingerprint density at radius 1 is 1.32 bits per heavy atom. The van der Waals surface area contributed by atoms with Crippen molar-refractivity contribution in [3.05, 3.63) is 0 Å². The second kappa shape index (κ2) is 5.87. The van der Waals surface area contributed by atoms with Gasteiger partial charge in [0.1, 0.15) is 6.54 Å². The standard InChI is InChI=1S/C9H15F3N6O/c1-5(2)19-8-15-6(17-13)14-7(16-8)18(3)4-9(10,11)12/h5H,4,13H2,1-3H3,(H,14,15,16,17). The molecule has 0 aliphatic carbocycles. The molecule has 3 N–H and O–H groups in total. The third-order valence-electron chi connectivity index (χ3n) is 1.83. The van der Waals surface area contributed by atoms with E-state index in [1.165, 1.54) is 7.05 Å². The zero-order valence-corrected chi connectivity index (χ0v) is 10.7. The van der Waals surface area contributed by atoms with Crippen molar-refractivity contribution >= 4 is 11.9 Å². The first kappa shape index (κ1) is 15.2. The summed E-state index contributed by atoms with van der Waals surface area (Å²) >= 11 is 0. The molecule has 0 radical (unpaired) electrons. The Labute approximate surface area is 108 Å². The van der Waals surface area contributed by atoms with Gasteiger partial charge in [-0.2, -0.15) is 28.1 Å². The molecule has 0 spiro atoms. The van der Waals surface area contributed by atoms with Crippen molar-refractivity contribution in [2.75, 3.05) is 23.9 Å². The number of nitrogen functional groups attached to an aromatic ring is 1. The third kappa shape index (κ3) is 5.12. The summed E-state index contributed by atoms with van der Waals surface area (Å²) in [5.41, 5.74) is 2.15. The fourth-order valence-electron chi connectivity index (χ4n) is 1.18. The van der Waals surface area contributed by atoms with Gasteiger partial charge in [-0.15, -0.1) is 0 Å². The number of halogens is 3. The predicted molar refractivity (Wildman–Crippen MR) is 62.7 cm³/mol. The number of rotatable bonds is 5. The SMILES string of the molecule is CC(C)Oc1nc(NN)nc(N(C)CC(F)(F)F)n1. The highest BCUT2D eigenvalue weighted by Gasteiger charge is 2.30. The molecular formula is C9H15F3N6O. The van der Waals surface area contributed by atoms with Gasteiger partial charge in [0.05, 0.1) is 6.10 Å². The Morgan fingerprint density at radius 3 is 2.42 bits per heavy atom. The van der Waals surface area contributed by atoms with Crippen LogP contribution in [0, 0.1) is 0 Å². The second-order valence-electron chi connectivity index (χ2n) is 4.02. The zero-order chi connectivity index (χ0) is 14.6. The number of hydrogen-bond acceptors (Lipinski definition) is 7. The first-order valence-corrected chi connectivity index (χ1v) is 5.38. The van der Waals surface area contributed by atoms with Gasteiger partial charge >= 0.3 is 12.2 Å². The first-order valence-electron chi connectivity index (χ1n) is 5.38. The van der Waals surface area contributed by atoms with E-state index in [0.29, 0.717) is 0 Å². The summed E-state index contributed by atoms with van der Waals surface area (Å²) in [6.45, 7) is 2.28. The average molecular weight is 280 g/mol. The summed E-state index contributed by atoms with van der Waals surface area (Å²) in [5.74, 6) is 4.89. The number of nitrogens with two attached hydrogens (primary N) is 1. The normalized spacial score (nSPS) is 11.6. The Bertz CT molecular complexity index is 425. The molecule has 0 aliphatic heterocycles. The number of anilines is 2. The molecule has 0 bridgehead atoms. The fourth-order valence-corrected chi connectivity index (χ4v) is 1.18. The molecular weight excluding hydrogens is 265 g/mol. The van der Waals surface area contributed by atoms with E-state index in [4.69, 9.17) is 10.6 Å². The molecule has 0 aromatic carbocycles. The van der Waals surface area contributed by atoms with Crippen LogP contribution >= 0.6 is 0 Å². The van der Waals surface area contributed by atoms with Gasteiger partial charge < -0.3 is 9.64 Å². The van der Waals surface area contributed by atoms with Crippen LogP contribution in [0.2, 0.25) is 0 Å². The van der Waals surface area contributed by atoms with E-state index in [1.54, 1.807) is 13.8 Å². The molecule has 0 amide bonds. The zero-order valence-electron chi connectivity index (χ0n) is 10.7. The minimum Gasteiger partial charge on any atom is -0.461 e. The van der Waals surface area contributed by atoms with Crippen molar-refractivity contribution in [1.82, 2.24) is 15.0 Å². The minimum atomic E-state index is -4.36. The molecule has 0 fully saturated rings. The van der Waals surface area contributed by atoms with Crippen molar-refractivity contribution in [3.63, 3.8) is 0 Å². The maximum Gasteiger partial charge on any atom is 0.406 e. The molecule has 19 heavy (non-hydrogen) atoms. The van der Waals surface area contributed by atoms with Crippen LogP contribution in [0.1, 0.15) is 13.8 Å². The van der Waals surface area contributed by atoms with Gasteiger partial charge in [0.25, 0.3) is 0 Å². The molecule has 0 atom stereocenters. The monoisotopic (exact) mass is 280 g/mol. The molecule has 7 nitrogen and oxygen atoms in total. The highest BCUT2D eigenvalue weighted by molar-refractivity contribution is 5.37. The highest BCUT2D eigenvalue weighted by Crippen LogP contribution is 2.20. The molecule has 1 heterocycles. The van der Waals surface area contributed by atoms with Gasteiger partial charge in [0.2, 0.25) is 11.9 Å². The lowest BCUT2D eigenvalue weighted by molar-refractivity contribution is -0.119. The number of nitrogens with zero attached hydrogens (tertiary/aromatic N) is 4. The largest absolute Gasteiger partial charge is 0.461 e. The maximum absolute atomic E-state index is 12.3. The van der Waals surface area contributed by atoms with Gasteiger partial charge in [0, 0.05) is 7.05 Å². The van der Waals surface area contributed by atoms with Crippen molar-refractivity contribution in [2.45, 2.75) is 26.1 Å². The van der Waals surface area contributed by atoms with E-state index in [2.05, 4.69) is 20.4 Å². The molecule has 0 unspecified atom stereocenters. The summed E-state index contributed by atoms with van der Waals surface area (Å²) in [6.07, 6.45) is -4.59. The van der Waals surface area contributed by atoms with Gasteiger partial charge in [-0.05, 0) is 13.8 Å². The number of hydrogen-bond donors (Lipinski definition) is 2. The van der Waals surface area contributed by atoms with E-state index in [9.17, 15) is 13.2 Å². The van der Waals surface area contributed by atoms with Gasteiger partial charge in [0.15, 0.2) is 0 Å². The number of hydrazine groups is 1. The fraction of sp³-hybridized carbons (Fsp3) is 0.667. The van der Waals surface area contributed by atoms with Crippen LogP contribution in [0.3, 0.4) is 0 Å². The lowest BCUT2D eigenvalue weighted by atomic mass is 10.5. The smallest absolute Gasteiger partial charge is 0.406 e. The Morgan fingerprint density at radius 2 is 1.95 bits per heavy atom. The Balaban J connectivity index is 2.99. The lowest BCUT2D eigenvalue weighted by Gasteiger charge is -2.19. The second-order valence-corrected chi connectivity index (χ2v) is 4.02.